The molecule has 0 aromatic carbocycles. The van der Waals surface area contributed by atoms with Crippen molar-refractivity contribution in [2.45, 2.75) is 6.92 Å². The van der Waals surface area contributed by atoms with Gasteiger partial charge in [0.15, 0.2) is 0 Å². The second-order valence-electron chi connectivity index (χ2n) is 2.41. The maximum Gasteiger partial charge on any atom is 0.257 e. The largest absolute Gasteiger partial charge is 0.493 e. The van der Waals surface area contributed by atoms with Crippen molar-refractivity contribution in [1.29, 1.82) is 0 Å². The van der Waals surface area contributed by atoms with Gasteiger partial charge in [-0.1, -0.05) is 0 Å². The van der Waals surface area contributed by atoms with Gasteiger partial charge in [0.2, 0.25) is 5.88 Å². The molecule has 0 aliphatic rings. The highest BCUT2D eigenvalue weighted by Gasteiger charge is 2.05. The lowest BCUT2D eigenvalue weighted by atomic mass is 10.6. The van der Waals surface area contributed by atoms with Crippen LogP contribution in [0.5, 0.6) is 5.88 Å². The predicted molar refractivity (Wildman–Crippen MR) is 41.6 cm³/mol. The van der Waals surface area contributed by atoms with E-state index in [4.69, 9.17) is 10.8 Å². The summed E-state index contributed by atoms with van der Waals surface area (Å²) < 4.78 is 1.37. The maximum absolute atomic E-state index is 9.05. The summed E-state index contributed by atoms with van der Waals surface area (Å²) in [4.78, 5) is 7.66. The van der Waals surface area contributed by atoms with Gasteiger partial charge in [-0.25, -0.2) is 0 Å². The van der Waals surface area contributed by atoms with Crippen LogP contribution in [0.3, 0.4) is 0 Å². The van der Waals surface area contributed by atoms with Crippen LogP contribution < -0.4 is 5.73 Å². The molecule has 2 heterocycles. The fourth-order valence-electron chi connectivity index (χ4n) is 0.978. The number of nitrogen functional groups attached to an aromatic ring is 1. The van der Waals surface area contributed by atoms with E-state index in [0.717, 1.165) is 0 Å². The van der Waals surface area contributed by atoms with Crippen molar-refractivity contribution in [1.82, 2.24) is 19.6 Å². The molecule has 0 radical (unpaired) electrons. The molecule has 6 nitrogen and oxygen atoms in total. The van der Waals surface area contributed by atoms with Crippen LogP contribution in [0.25, 0.3) is 5.78 Å². The molecule has 0 fully saturated rings. The van der Waals surface area contributed by atoms with E-state index in [2.05, 4.69) is 15.1 Å². The number of hydrogen-bond acceptors (Lipinski definition) is 5. The van der Waals surface area contributed by atoms with Crippen LogP contribution in [-0.4, -0.2) is 24.7 Å². The lowest BCUT2D eigenvalue weighted by molar-refractivity contribution is 0.453. The van der Waals surface area contributed by atoms with Crippen molar-refractivity contribution in [3.05, 3.63) is 11.9 Å². The Hall–Kier alpha value is -1.85. The number of anilines is 1. The Morgan fingerprint density at radius 1 is 1.50 bits per heavy atom. The lowest BCUT2D eigenvalue weighted by Gasteiger charge is -1.96. The standard InChI is InChI=1S/C6H7N5O/c1-3-8-6-9-5(12)2-4(7)11(6)10-3/h2H,7H2,1H3,(H,8,9,10,12). The highest BCUT2D eigenvalue weighted by Crippen LogP contribution is 2.11. The Labute approximate surface area is 67.7 Å². The monoisotopic (exact) mass is 165 g/mol. The molecule has 12 heavy (non-hydrogen) atoms. The number of fused-ring (bicyclic) bond motifs is 1. The van der Waals surface area contributed by atoms with Gasteiger partial charge in [-0.2, -0.15) is 14.5 Å². The van der Waals surface area contributed by atoms with Crippen molar-refractivity contribution in [3.63, 3.8) is 0 Å². The van der Waals surface area contributed by atoms with E-state index in [9.17, 15) is 0 Å². The molecular formula is C6H7N5O. The number of nitrogens with two attached hydrogens (primary N) is 1. The summed E-state index contributed by atoms with van der Waals surface area (Å²) in [6, 6.07) is 1.32. The molecule has 0 bridgehead atoms. The van der Waals surface area contributed by atoms with Crippen molar-refractivity contribution < 1.29 is 5.11 Å². The van der Waals surface area contributed by atoms with Crippen molar-refractivity contribution >= 4 is 11.6 Å². The Kier molecular flexibility index (Phi) is 1.18. The van der Waals surface area contributed by atoms with E-state index in [1.54, 1.807) is 6.92 Å². The number of rotatable bonds is 0. The van der Waals surface area contributed by atoms with Crippen LogP contribution in [0.1, 0.15) is 5.82 Å². The molecule has 0 atom stereocenters. The molecule has 0 amide bonds. The average molecular weight is 165 g/mol. The SMILES string of the molecule is Cc1nc2nc(O)cc(N)n2n1. The quantitative estimate of drug-likeness (QED) is 0.560. The molecule has 3 N–H and O–H groups in total. The Bertz CT molecular complexity index is 435. The van der Waals surface area contributed by atoms with Crippen LogP contribution in [0.15, 0.2) is 6.07 Å². The minimum Gasteiger partial charge on any atom is -0.493 e. The van der Waals surface area contributed by atoms with Gasteiger partial charge in [0, 0.05) is 6.07 Å². The van der Waals surface area contributed by atoms with E-state index in [0.29, 0.717) is 17.4 Å². The summed E-state index contributed by atoms with van der Waals surface area (Å²) in [5.41, 5.74) is 5.53. The zero-order chi connectivity index (χ0) is 8.72. The summed E-state index contributed by atoms with van der Waals surface area (Å²) >= 11 is 0. The molecular weight excluding hydrogens is 158 g/mol. The van der Waals surface area contributed by atoms with E-state index in [1.807, 2.05) is 0 Å². The zero-order valence-corrected chi connectivity index (χ0v) is 6.39. The lowest BCUT2D eigenvalue weighted by Crippen LogP contribution is -1.99. The molecule has 2 rings (SSSR count). The molecule has 0 spiro atoms. The molecule has 6 heteroatoms. The highest BCUT2D eigenvalue weighted by atomic mass is 16.3. The summed E-state index contributed by atoms with van der Waals surface area (Å²) in [7, 11) is 0. The zero-order valence-electron chi connectivity index (χ0n) is 6.39. The molecule has 2 aromatic rings. The van der Waals surface area contributed by atoms with E-state index in [-0.39, 0.29) is 5.88 Å². The van der Waals surface area contributed by atoms with Gasteiger partial charge in [0.05, 0.1) is 0 Å². The van der Waals surface area contributed by atoms with Crippen LogP contribution in [0, 0.1) is 6.92 Å². The third-order valence-electron chi connectivity index (χ3n) is 1.43. The highest BCUT2D eigenvalue weighted by molar-refractivity contribution is 5.43. The topological polar surface area (TPSA) is 89.3 Å². The van der Waals surface area contributed by atoms with Gasteiger partial charge in [-0.15, -0.1) is 5.10 Å². The first-order chi connectivity index (χ1) is 5.66. The Morgan fingerprint density at radius 2 is 2.25 bits per heavy atom. The van der Waals surface area contributed by atoms with Gasteiger partial charge in [-0.3, -0.25) is 0 Å². The van der Waals surface area contributed by atoms with Crippen molar-refractivity contribution in [3.8, 4) is 5.88 Å². The molecule has 62 valence electrons. The molecule has 0 unspecified atom stereocenters. The van der Waals surface area contributed by atoms with Crippen LogP contribution in [0.4, 0.5) is 5.82 Å². The molecule has 0 saturated heterocycles. The Balaban J connectivity index is 2.88. The predicted octanol–water partition coefficient (Wildman–Crippen LogP) is -0.279. The van der Waals surface area contributed by atoms with Crippen LogP contribution in [0.2, 0.25) is 0 Å². The minimum atomic E-state index is -0.146. The maximum atomic E-state index is 9.05. The van der Waals surface area contributed by atoms with Gasteiger partial charge < -0.3 is 10.8 Å². The molecule has 0 saturated carbocycles. The number of hydrogen-bond donors (Lipinski definition) is 2. The van der Waals surface area contributed by atoms with Gasteiger partial charge >= 0.3 is 0 Å². The third-order valence-corrected chi connectivity index (χ3v) is 1.43. The number of aromatic nitrogens is 4. The number of aryl methyl sites for hydroxylation is 1. The number of nitrogens with zero attached hydrogens (tertiary/aromatic N) is 4. The normalized spacial score (nSPS) is 10.8. The summed E-state index contributed by atoms with van der Waals surface area (Å²) in [5.74, 6) is 1.05. The first-order valence-corrected chi connectivity index (χ1v) is 3.35. The summed E-state index contributed by atoms with van der Waals surface area (Å²) in [6.07, 6.45) is 0. The minimum absolute atomic E-state index is 0.146. The van der Waals surface area contributed by atoms with Crippen molar-refractivity contribution in [2.24, 2.45) is 0 Å². The molecule has 0 aliphatic carbocycles. The first kappa shape index (κ1) is 6.84. The van der Waals surface area contributed by atoms with Crippen LogP contribution in [-0.2, 0) is 0 Å². The summed E-state index contributed by atoms with van der Waals surface area (Å²) in [5, 5.41) is 13.0. The Morgan fingerprint density at radius 3 is 3.00 bits per heavy atom. The second-order valence-corrected chi connectivity index (χ2v) is 2.41. The van der Waals surface area contributed by atoms with Gasteiger partial charge in [0.25, 0.3) is 5.78 Å². The van der Waals surface area contributed by atoms with Gasteiger partial charge in [0.1, 0.15) is 11.6 Å². The average Bonchev–Trinajstić information content (AvgIpc) is 2.29. The fourth-order valence-corrected chi connectivity index (χ4v) is 0.978. The van der Waals surface area contributed by atoms with Crippen molar-refractivity contribution in [2.75, 3.05) is 5.73 Å². The molecule has 2 aromatic heterocycles. The molecule has 0 aliphatic heterocycles. The van der Waals surface area contributed by atoms with E-state index in [1.165, 1.54) is 10.6 Å². The second kappa shape index (κ2) is 2.07. The van der Waals surface area contributed by atoms with Crippen LogP contribution >= 0.6 is 0 Å². The third kappa shape index (κ3) is 0.849. The fraction of sp³-hybridized carbons (Fsp3) is 0.167. The summed E-state index contributed by atoms with van der Waals surface area (Å²) in [6.45, 7) is 1.73. The van der Waals surface area contributed by atoms with E-state index >= 15 is 0 Å². The first-order valence-electron chi connectivity index (χ1n) is 3.35. The smallest absolute Gasteiger partial charge is 0.257 e. The van der Waals surface area contributed by atoms with E-state index < -0.39 is 0 Å². The number of aromatic hydroxyl groups is 1. The van der Waals surface area contributed by atoms with Gasteiger partial charge in [-0.05, 0) is 6.92 Å².